The third kappa shape index (κ3) is 4.87. The zero-order chi connectivity index (χ0) is 15.1. The number of aromatic nitrogens is 1. The molecule has 0 fully saturated rings. The molecular weight excluding hydrogens is 258 g/mol. The van der Waals surface area contributed by atoms with Crippen LogP contribution in [0.4, 0.5) is 5.82 Å². The molecule has 0 saturated heterocycles. The van der Waals surface area contributed by atoms with E-state index in [1.54, 1.807) is 12.1 Å². The van der Waals surface area contributed by atoms with Gasteiger partial charge in [0, 0.05) is 12.7 Å². The maximum absolute atomic E-state index is 11.6. The second-order valence-electron chi connectivity index (χ2n) is 4.96. The molecule has 6 nitrogen and oxygen atoms in total. The third-order valence-corrected chi connectivity index (χ3v) is 2.69. The number of hydrogen-bond acceptors (Lipinski definition) is 4. The van der Waals surface area contributed by atoms with E-state index in [1.807, 2.05) is 20.8 Å². The Kier molecular flexibility index (Phi) is 5.96. The first-order valence-electron chi connectivity index (χ1n) is 6.67. The van der Waals surface area contributed by atoms with Crippen molar-refractivity contribution in [2.75, 3.05) is 11.9 Å². The summed E-state index contributed by atoms with van der Waals surface area (Å²) in [6.07, 6.45) is 1.94. The van der Waals surface area contributed by atoms with Gasteiger partial charge in [0.25, 0.3) is 5.91 Å². The van der Waals surface area contributed by atoms with Crippen LogP contribution in [0.5, 0.6) is 0 Å². The SMILES string of the molecule is CCNC(=O)c1ccc(N[C@H](CC(C)C)C(=O)O)nc1. The predicted molar refractivity (Wildman–Crippen MR) is 76.7 cm³/mol. The Hall–Kier alpha value is -2.11. The normalized spacial score (nSPS) is 12.0. The molecule has 110 valence electrons. The summed E-state index contributed by atoms with van der Waals surface area (Å²) in [6.45, 7) is 6.31. The molecule has 3 N–H and O–H groups in total. The van der Waals surface area contributed by atoms with E-state index in [0.717, 1.165) is 0 Å². The van der Waals surface area contributed by atoms with E-state index in [4.69, 9.17) is 5.11 Å². The number of carboxylic acid groups (broad SMARTS) is 1. The van der Waals surface area contributed by atoms with Gasteiger partial charge in [0.05, 0.1) is 5.56 Å². The summed E-state index contributed by atoms with van der Waals surface area (Å²) in [5, 5.41) is 14.7. The molecule has 0 bridgehead atoms. The Balaban J connectivity index is 2.72. The van der Waals surface area contributed by atoms with Gasteiger partial charge in [-0.05, 0) is 31.4 Å². The summed E-state index contributed by atoms with van der Waals surface area (Å²) in [5.74, 6) is -0.388. The van der Waals surface area contributed by atoms with Crippen LogP contribution in [0.3, 0.4) is 0 Å². The molecule has 20 heavy (non-hydrogen) atoms. The van der Waals surface area contributed by atoms with Crippen LogP contribution in [0.1, 0.15) is 37.6 Å². The number of aliphatic carboxylic acids is 1. The fourth-order valence-electron chi connectivity index (χ4n) is 1.75. The number of carbonyl (C=O) groups excluding carboxylic acids is 1. The second kappa shape index (κ2) is 7.47. The summed E-state index contributed by atoms with van der Waals surface area (Å²) < 4.78 is 0. The van der Waals surface area contributed by atoms with Crippen molar-refractivity contribution in [3.05, 3.63) is 23.9 Å². The first-order valence-corrected chi connectivity index (χ1v) is 6.67. The van der Waals surface area contributed by atoms with Crippen LogP contribution in [-0.2, 0) is 4.79 Å². The lowest BCUT2D eigenvalue weighted by Crippen LogP contribution is -2.31. The van der Waals surface area contributed by atoms with Crippen molar-refractivity contribution in [2.45, 2.75) is 33.2 Å². The zero-order valence-corrected chi connectivity index (χ0v) is 12.0. The van der Waals surface area contributed by atoms with Crippen molar-refractivity contribution in [3.8, 4) is 0 Å². The quantitative estimate of drug-likeness (QED) is 0.707. The number of carboxylic acids is 1. The molecule has 0 radical (unpaired) electrons. The molecule has 0 aliphatic carbocycles. The fraction of sp³-hybridized carbons (Fsp3) is 0.500. The molecule has 1 aromatic rings. The van der Waals surface area contributed by atoms with E-state index >= 15 is 0 Å². The molecule has 1 aromatic heterocycles. The van der Waals surface area contributed by atoms with Gasteiger partial charge in [-0.1, -0.05) is 13.8 Å². The van der Waals surface area contributed by atoms with Gasteiger partial charge in [-0.15, -0.1) is 0 Å². The summed E-state index contributed by atoms with van der Waals surface area (Å²) in [5.41, 5.74) is 0.452. The van der Waals surface area contributed by atoms with E-state index in [9.17, 15) is 9.59 Å². The highest BCUT2D eigenvalue weighted by molar-refractivity contribution is 5.94. The van der Waals surface area contributed by atoms with Crippen LogP contribution in [0.2, 0.25) is 0 Å². The number of hydrogen-bond donors (Lipinski definition) is 3. The maximum Gasteiger partial charge on any atom is 0.326 e. The summed E-state index contributed by atoms with van der Waals surface area (Å²) in [4.78, 5) is 26.8. The predicted octanol–water partition coefficient (Wildman–Crippen LogP) is 1.74. The lowest BCUT2D eigenvalue weighted by Gasteiger charge is -2.17. The number of nitrogens with zero attached hydrogens (tertiary/aromatic N) is 1. The molecule has 0 aromatic carbocycles. The molecule has 0 unspecified atom stereocenters. The first-order chi connectivity index (χ1) is 9.43. The van der Waals surface area contributed by atoms with E-state index in [1.165, 1.54) is 6.20 Å². The lowest BCUT2D eigenvalue weighted by atomic mass is 10.0. The maximum atomic E-state index is 11.6. The van der Waals surface area contributed by atoms with Crippen LogP contribution in [0.15, 0.2) is 18.3 Å². The largest absolute Gasteiger partial charge is 0.480 e. The zero-order valence-electron chi connectivity index (χ0n) is 12.0. The Bertz CT molecular complexity index is 457. The second-order valence-corrected chi connectivity index (χ2v) is 4.96. The smallest absolute Gasteiger partial charge is 0.326 e. The average Bonchev–Trinajstić information content (AvgIpc) is 2.38. The number of carbonyl (C=O) groups is 2. The molecule has 1 atom stereocenters. The first kappa shape index (κ1) is 15.9. The van der Waals surface area contributed by atoms with Crippen molar-refractivity contribution in [1.82, 2.24) is 10.3 Å². The molecule has 1 heterocycles. The number of anilines is 1. The summed E-state index contributed by atoms with van der Waals surface area (Å²) in [6, 6.07) is 2.55. The molecule has 6 heteroatoms. The molecule has 0 spiro atoms. The van der Waals surface area contributed by atoms with Gasteiger partial charge in [-0.2, -0.15) is 0 Å². The number of pyridine rings is 1. The van der Waals surface area contributed by atoms with Crippen molar-refractivity contribution in [3.63, 3.8) is 0 Å². The molecule has 0 saturated carbocycles. The highest BCUT2D eigenvalue weighted by Gasteiger charge is 2.19. The molecule has 0 aliphatic heterocycles. The van der Waals surface area contributed by atoms with E-state index in [-0.39, 0.29) is 11.8 Å². The standard InChI is InChI=1S/C14H21N3O3/c1-4-15-13(18)10-5-6-12(16-8-10)17-11(14(19)20)7-9(2)3/h5-6,8-9,11H,4,7H2,1-3H3,(H,15,18)(H,16,17)(H,19,20)/t11-/m1/s1. The van der Waals surface area contributed by atoms with Gasteiger partial charge < -0.3 is 15.7 Å². The Labute approximate surface area is 118 Å². The molecule has 1 amide bonds. The summed E-state index contributed by atoms with van der Waals surface area (Å²) in [7, 11) is 0. The van der Waals surface area contributed by atoms with Crippen LogP contribution in [0, 0.1) is 5.92 Å². The van der Waals surface area contributed by atoms with Crippen molar-refractivity contribution in [1.29, 1.82) is 0 Å². The summed E-state index contributed by atoms with van der Waals surface area (Å²) >= 11 is 0. The average molecular weight is 279 g/mol. The number of amides is 1. The van der Waals surface area contributed by atoms with E-state index in [2.05, 4.69) is 15.6 Å². The van der Waals surface area contributed by atoms with Gasteiger partial charge in [0.15, 0.2) is 0 Å². The van der Waals surface area contributed by atoms with Crippen molar-refractivity contribution < 1.29 is 14.7 Å². The lowest BCUT2D eigenvalue weighted by molar-refractivity contribution is -0.138. The van der Waals surface area contributed by atoms with Gasteiger partial charge in [0.2, 0.25) is 0 Å². The number of rotatable bonds is 7. The minimum atomic E-state index is -0.909. The minimum absolute atomic E-state index is 0.191. The Morgan fingerprint density at radius 2 is 2.05 bits per heavy atom. The topological polar surface area (TPSA) is 91.3 Å². The fourth-order valence-corrected chi connectivity index (χ4v) is 1.75. The monoisotopic (exact) mass is 279 g/mol. The highest BCUT2D eigenvalue weighted by atomic mass is 16.4. The minimum Gasteiger partial charge on any atom is -0.480 e. The van der Waals surface area contributed by atoms with Crippen LogP contribution < -0.4 is 10.6 Å². The molecular formula is C14H21N3O3. The van der Waals surface area contributed by atoms with Gasteiger partial charge in [0.1, 0.15) is 11.9 Å². The Morgan fingerprint density at radius 1 is 1.35 bits per heavy atom. The molecule has 1 rings (SSSR count). The number of nitrogens with one attached hydrogen (secondary N) is 2. The third-order valence-electron chi connectivity index (χ3n) is 2.69. The van der Waals surface area contributed by atoms with Gasteiger partial charge in [-0.3, -0.25) is 4.79 Å². The van der Waals surface area contributed by atoms with Gasteiger partial charge in [-0.25, -0.2) is 9.78 Å². The van der Waals surface area contributed by atoms with Gasteiger partial charge >= 0.3 is 5.97 Å². The van der Waals surface area contributed by atoms with Crippen LogP contribution in [-0.4, -0.2) is 34.6 Å². The Morgan fingerprint density at radius 3 is 2.50 bits per heavy atom. The van der Waals surface area contributed by atoms with Crippen molar-refractivity contribution in [2.24, 2.45) is 5.92 Å². The van der Waals surface area contributed by atoms with E-state index < -0.39 is 12.0 Å². The van der Waals surface area contributed by atoms with E-state index in [0.29, 0.717) is 24.3 Å². The highest BCUT2D eigenvalue weighted by Crippen LogP contribution is 2.12. The van der Waals surface area contributed by atoms with Crippen molar-refractivity contribution >= 4 is 17.7 Å². The van der Waals surface area contributed by atoms with Crippen LogP contribution in [0.25, 0.3) is 0 Å². The van der Waals surface area contributed by atoms with Crippen LogP contribution >= 0.6 is 0 Å². The molecule has 0 aliphatic rings.